The molecule has 0 spiro atoms. The summed E-state index contributed by atoms with van der Waals surface area (Å²) in [6.45, 7) is 8.61. The number of hydrogen-bond donors (Lipinski definition) is 2. The molecule has 0 unspecified atom stereocenters. The van der Waals surface area contributed by atoms with Gasteiger partial charge in [0.25, 0.3) is 0 Å². The zero-order chi connectivity index (χ0) is 24.1. The van der Waals surface area contributed by atoms with Crippen molar-refractivity contribution in [2.45, 2.75) is 33.7 Å². The van der Waals surface area contributed by atoms with Crippen molar-refractivity contribution in [1.82, 2.24) is 15.6 Å². The molecule has 0 radical (unpaired) electrons. The first-order valence-corrected chi connectivity index (χ1v) is 11.7. The molecule has 0 bridgehead atoms. The molecule has 0 aliphatic carbocycles. The molecule has 2 aromatic carbocycles. The summed E-state index contributed by atoms with van der Waals surface area (Å²) in [5.74, 6) is 0. The highest BCUT2D eigenvalue weighted by Crippen LogP contribution is 2.25. The number of amides is 2. The van der Waals surface area contributed by atoms with E-state index in [-0.39, 0.29) is 11.7 Å². The van der Waals surface area contributed by atoms with E-state index in [0.29, 0.717) is 30.7 Å². The fourth-order valence-corrected chi connectivity index (χ4v) is 4.31. The van der Waals surface area contributed by atoms with E-state index in [4.69, 9.17) is 4.42 Å². The van der Waals surface area contributed by atoms with Gasteiger partial charge in [-0.25, -0.2) is 9.59 Å². The van der Waals surface area contributed by atoms with Gasteiger partial charge in [0.2, 0.25) is 0 Å². The minimum atomic E-state index is -0.354. The van der Waals surface area contributed by atoms with Crippen molar-refractivity contribution in [3.8, 4) is 0 Å². The first-order valence-electron chi connectivity index (χ1n) is 11.7. The van der Waals surface area contributed by atoms with Gasteiger partial charge in [0.1, 0.15) is 5.58 Å². The van der Waals surface area contributed by atoms with Gasteiger partial charge in [-0.1, -0.05) is 18.2 Å². The van der Waals surface area contributed by atoms with Gasteiger partial charge in [0.05, 0.1) is 5.52 Å². The molecule has 2 aromatic heterocycles. The Kier molecular flexibility index (Phi) is 7.11. The summed E-state index contributed by atoms with van der Waals surface area (Å²) in [6.07, 6.45) is 2.14. The van der Waals surface area contributed by atoms with Crippen molar-refractivity contribution in [3.05, 3.63) is 81.8 Å². The SMILES string of the molecule is CCN(CC)c1ccc2c(C)c(CCNC(=O)NCc3ccnc4ccccc34)c(=O)oc2c1. The lowest BCUT2D eigenvalue weighted by Gasteiger charge is -2.21. The number of aryl methyl sites for hydroxylation is 1. The maximum Gasteiger partial charge on any atom is 0.339 e. The van der Waals surface area contributed by atoms with Crippen LogP contribution >= 0.6 is 0 Å². The molecule has 0 fully saturated rings. The number of hydrogen-bond acceptors (Lipinski definition) is 5. The highest BCUT2D eigenvalue weighted by atomic mass is 16.4. The van der Waals surface area contributed by atoms with E-state index in [2.05, 4.69) is 40.4 Å². The van der Waals surface area contributed by atoms with E-state index in [1.165, 1.54) is 0 Å². The summed E-state index contributed by atoms with van der Waals surface area (Å²) >= 11 is 0. The van der Waals surface area contributed by atoms with Crippen LogP contribution in [0.25, 0.3) is 21.9 Å². The number of carbonyl (C=O) groups excluding carboxylic acids is 1. The third-order valence-electron chi connectivity index (χ3n) is 6.24. The Labute approximate surface area is 198 Å². The number of pyridine rings is 1. The number of nitrogens with one attached hydrogen (secondary N) is 2. The molecule has 2 heterocycles. The molecular formula is C27H30N4O3. The minimum Gasteiger partial charge on any atom is -0.422 e. The fourth-order valence-electron chi connectivity index (χ4n) is 4.31. The van der Waals surface area contributed by atoms with Gasteiger partial charge in [-0.3, -0.25) is 4.98 Å². The highest BCUT2D eigenvalue weighted by molar-refractivity contribution is 5.84. The van der Waals surface area contributed by atoms with Crippen molar-refractivity contribution in [1.29, 1.82) is 0 Å². The molecule has 7 heteroatoms. The van der Waals surface area contributed by atoms with Crippen molar-refractivity contribution >= 4 is 33.6 Å². The average molecular weight is 459 g/mol. The number of anilines is 1. The second-order valence-electron chi connectivity index (χ2n) is 8.19. The third kappa shape index (κ3) is 4.88. The Bertz CT molecular complexity index is 1370. The molecule has 4 rings (SSSR count). The quantitative estimate of drug-likeness (QED) is 0.379. The van der Waals surface area contributed by atoms with Crippen LogP contribution in [0.3, 0.4) is 0 Å². The van der Waals surface area contributed by atoms with Crippen LogP contribution in [0.15, 0.2) is 63.9 Å². The Hall–Kier alpha value is -3.87. The molecule has 4 aromatic rings. The zero-order valence-corrected chi connectivity index (χ0v) is 19.9. The Morgan fingerprint density at radius 3 is 2.62 bits per heavy atom. The zero-order valence-electron chi connectivity index (χ0n) is 19.9. The van der Waals surface area contributed by atoms with Crippen molar-refractivity contribution < 1.29 is 9.21 Å². The van der Waals surface area contributed by atoms with E-state index in [1.807, 2.05) is 49.4 Å². The van der Waals surface area contributed by atoms with Gasteiger partial charge >= 0.3 is 11.7 Å². The molecule has 176 valence electrons. The summed E-state index contributed by atoms with van der Waals surface area (Å²) in [5.41, 5.74) is 4.64. The normalized spacial score (nSPS) is 11.0. The smallest absolute Gasteiger partial charge is 0.339 e. The molecule has 34 heavy (non-hydrogen) atoms. The van der Waals surface area contributed by atoms with Gasteiger partial charge in [0.15, 0.2) is 0 Å². The van der Waals surface area contributed by atoms with Crippen LogP contribution in [0.1, 0.15) is 30.5 Å². The second kappa shape index (κ2) is 10.4. The molecule has 2 amide bonds. The number of benzene rings is 2. The molecule has 0 saturated heterocycles. The van der Waals surface area contributed by atoms with Crippen LogP contribution in [-0.2, 0) is 13.0 Å². The number of para-hydroxylation sites is 1. The average Bonchev–Trinajstić information content (AvgIpc) is 2.85. The van der Waals surface area contributed by atoms with Crippen LogP contribution in [0.4, 0.5) is 10.5 Å². The van der Waals surface area contributed by atoms with Gasteiger partial charge < -0.3 is 20.0 Å². The molecular weight excluding hydrogens is 428 g/mol. The number of aromatic nitrogens is 1. The molecule has 0 aliphatic heterocycles. The number of rotatable bonds is 8. The first kappa shape index (κ1) is 23.3. The molecule has 7 nitrogen and oxygen atoms in total. The molecule has 0 aliphatic rings. The van der Waals surface area contributed by atoms with Crippen LogP contribution in [0, 0.1) is 6.92 Å². The van der Waals surface area contributed by atoms with E-state index in [0.717, 1.165) is 46.2 Å². The summed E-state index contributed by atoms with van der Waals surface area (Å²) in [4.78, 5) is 31.6. The summed E-state index contributed by atoms with van der Waals surface area (Å²) < 4.78 is 5.64. The summed E-state index contributed by atoms with van der Waals surface area (Å²) in [5, 5.41) is 7.65. The van der Waals surface area contributed by atoms with Crippen LogP contribution in [0.2, 0.25) is 0 Å². The van der Waals surface area contributed by atoms with E-state index in [1.54, 1.807) is 6.20 Å². The number of urea groups is 1. The lowest BCUT2D eigenvalue weighted by molar-refractivity contribution is 0.240. The number of nitrogens with zero attached hydrogens (tertiary/aromatic N) is 2. The minimum absolute atomic E-state index is 0.285. The molecule has 0 atom stereocenters. The van der Waals surface area contributed by atoms with Gasteiger partial charge in [0, 0.05) is 60.5 Å². The van der Waals surface area contributed by atoms with Crippen molar-refractivity contribution in [2.24, 2.45) is 0 Å². The Balaban J connectivity index is 1.39. The van der Waals surface area contributed by atoms with Crippen molar-refractivity contribution in [2.75, 3.05) is 24.5 Å². The monoisotopic (exact) mass is 458 g/mol. The lowest BCUT2D eigenvalue weighted by atomic mass is 10.0. The van der Waals surface area contributed by atoms with Crippen LogP contribution < -0.4 is 21.2 Å². The maximum atomic E-state index is 12.7. The number of carbonyl (C=O) groups is 1. The number of fused-ring (bicyclic) bond motifs is 2. The predicted octanol–water partition coefficient (Wildman–Crippen LogP) is 4.54. The Morgan fingerprint density at radius 2 is 1.82 bits per heavy atom. The van der Waals surface area contributed by atoms with E-state index < -0.39 is 0 Å². The molecule has 0 saturated carbocycles. The summed E-state index contributed by atoms with van der Waals surface area (Å²) in [6, 6.07) is 15.4. The highest BCUT2D eigenvalue weighted by Gasteiger charge is 2.13. The molecule has 2 N–H and O–H groups in total. The predicted molar refractivity (Wildman–Crippen MR) is 136 cm³/mol. The van der Waals surface area contributed by atoms with Gasteiger partial charge in [-0.15, -0.1) is 0 Å². The van der Waals surface area contributed by atoms with Crippen LogP contribution in [0.5, 0.6) is 0 Å². The van der Waals surface area contributed by atoms with Crippen LogP contribution in [-0.4, -0.2) is 30.6 Å². The standard InChI is InChI=1S/C27H30N4O3/c1-4-31(5-2)20-10-11-21-18(3)22(26(32)34-25(21)16-20)13-15-29-27(33)30-17-19-12-14-28-24-9-7-6-8-23(19)24/h6-12,14,16H,4-5,13,15,17H2,1-3H3,(H2,29,30,33). The van der Waals surface area contributed by atoms with E-state index >= 15 is 0 Å². The second-order valence-corrected chi connectivity index (χ2v) is 8.19. The fraction of sp³-hybridized carbons (Fsp3) is 0.296. The summed E-state index contributed by atoms with van der Waals surface area (Å²) in [7, 11) is 0. The van der Waals surface area contributed by atoms with Gasteiger partial charge in [-0.2, -0.15) is 0 Å². The van der Waals surface area contributed by atoms with Gasteiger partial charge in [-0.05, 0) is 62.6 Å². The topological polar surface area (TPSA) is 87.5 Å². The van der Waals surface area contributed by atoms with Crippen molar-refractivity contribution in [3.63, 3.8) is 0 Å². The Morgan fingerprint density at radius 1 is 1.03 bits per heavy atom. The first-order chi connectivity index (χ1) is 16.5. The third-order valence-corrected chi connectivity index (χ3v) is 6.24. The lowest BCUT2D eigenvalue weighted by Crippen LogP contribution is -2.36. The largest absolute Gasteiger partial charge is 0.422 e. The van der Waals surface area contributed by atoms with E-state index in [9.17, 15) is 9.59 Å². The maximum absolute atomic E-state index is 12.7.